The molecule has 118 valence electrons. The highest BCUT2D eigenvalue weighted by atomic mass is 14.6. The van der Waals surface area contributed by atoms with Crippen molar-refractivity contribution < 1.29 is 0 Å². The fourth-order valence-electron chi connectivity index (χ4n) is 3.42. The number of unbranched alkanes of at least 4 members (excludes halogenated alkanes) is 6. The van der Waals surface area contributed by atoms with Gasteiger partial charge in [-0.25, -0.2) is 0 Å². The number of hydrogen-bond acceptors (Lipinski definition) is 1. The normalized spacial score (nSPS) is 16.7. The molecule has 1 nitrogen and oxygen atoms in total. The van der Waals surface area contributed by atoms with Gasteiger partial charge in [0.2, 0.25) is 0 Å². The zero-order valence-corrected chi connectivity index (χ0v) is 13.8. The number of benzene rings is 1. The van der Waals surface area contributed by atoms with Crippen LogP contribution in [0.4, 0.5) is 0 Å². The van der Waals surface area contributed by atoms with Gasteiger partial charge in [0.25, 0.3) is 0 Å². The predicted molar refractivity (Wildman–Crippen MR) is 92.6 cm³/mol. The smallest absolute Gasteiger partial charge is 0.0297 e. The van der Waals surface area contributed by atoms with Crippen LogP contribution in [-0.4, -0.2) is 0 Å². The molecule has 0 spiro atoms. The highest BCUT2D eigenvalue weighted by molar-refractivity contribution is 5.33. The van der Waals surface area contributed by atoms with Gasteiger partial charge in [-0.15, -0.1) is 0 Å². The maximum atomic E-state index is 6.47. The van der Waals surface area contributed by atoms with Crippen LogP contribution in [0.15, 0.2) is 24.3 Å². The van der Waals surface area contributed by atoms with Gasteiger partial charge in [0.1, 0.15) is 0 Å². The molecule has 1 atom stereocenters. The summed E-state index contributed by atoms with van der Waals surface area (Å²) in [6, 6.07) is 9.15. The molecule has 2 N–H and O–H groups in total. The molecule has 1 aliphatic rings. The second-order valence-corrected chi connectivity index (χ2v) is 6.77. The van der Waals surface area contributed by atoms with E-state index in [0.717, 1.165) is 12.3 Å². The van der Waals surface area contributed by atoms with Gasteiger partial charge >= 0.3 is 0 Å². The van der Waals surface area contributed by atoms with E-state index in [2.05, 4.69) is 31.2 Å². The minimum atomic E-state index is 0.248. The largest absolute Gasteiger partial charge is 0.324 e. The van der Waals surface area contributed by atoms with Gasteiger partial charge in [-0.3, -0.25) is 0 Å². The third-order valence-corrected chi connectivity index (χ3v) is 5.06. The Balaban J connectivity index is 1.72. The molecule has 21 heavy (non-hydrogen) atoms. The fourth-order valence-corrected chi connectivity index (χ4v) is 3.42. The second-order valence-electron chi connectivity index (χ2n) is 6.77. The van der Waals surface area contributed by atoms with E-state index in [-0.39, 0.29) is 6.04 Å². The van der Waals surface area contributed by atoms with E-state index >= 15 is 0 Å². The lowest BCUT2D eigenvalue weighted by molar-refractivity contribution is 0.413. The van der Waals surface area contributed by atoms with Crippen molar-refractivity contribution in [3.8, 4) is 0 Å². The molecule has 1 heteroatoms. The van der Waals surface area contributed by atoms with E-state index in [1.165, 1.54) is 69.8 Å². The molecular formula is C20H33N. The van der Waals surface area contributed by atoms with Gasteiger partial charge in [0.05, 0.1) is 0 Å². The Morgan fingerprint density at radius 1 is 1.00 bits per heavy atom. The number of hydrogen-bond donors (Lipinski definition) is 1. The van der Waals surface area contributed by atoms with Crippen molar-refractivity contribution in [2.45, 2.75) is 89.5 Å². The third-order valence-electron chi connectivity index (χ3n) is 5.06. The summed E-state index contributed by atoms with van der Waals surface area (Å²) in [6.45, 7) is 2.28. The zero-order chi connectivity index (χ0) is 14.9. The summed E-state index contributed by atoms with van der Waals surface area (Å²) in [5.41, 5.74) is 9.44. The topological polar surface area (TPSA) is 26.0 Å². The van der Waals surface area contributed by atoms with Crippen LogP contribution in [-0.2, 0) is 0 Å². The van der Waals surface area contributed by atoms with E-state index in [1.54, 1.807) is 5.56 Å². The van der Waals surface area contributed by atoms with E-state index in [9.17, 15) is 0 Å². The van der Waals surface area contributed by atoms with Crippen LogP contribution in [0.3, 0.4) is 0 Å². The summed E-state index contributed by atoms with van der Waals surface area (Å²) in [4.78, 5) is 0. The molecule has 0 aromatic heterocycles. The monoisotopic (exact) mass is 287 g/mol. The molecule has 1 aromatic carbocycles. The van der Waals surface area contributed by atoms with Crippen molar-refractivity contribution in [1.29, 1.82) is 0 Å². The van der Waals surface area contributed by atoms with Crippen LogP contribution in [0.2, 0.25) is 0 Å². The molecule has 0 aliphatic heterocycles. The summed E-state index contributed by atoms with van der Waals surface area (Å²) in [5, 5.41) is 0. The van der Waals surface area contributed by atoms with Crippen LogP contribution >= 0.6 is 0 Å². The zero-order valence-electron chi connectivity index (χ0n) is 13.8. The highest BCUT2D eigenvalue weighted by Gasteiger charge is 2.23. The lowest BCUT2D eigenvalue weighted by atomic mass is 9.77. The Hall–Kier alpha value is -0.820. The Morgan fingerprint density at radius 2 is 1.67 bits per heavy atom. The number of rotatable bonds is 10. The van der Waals surface area contributed by atoms with Gasteiger partial charge in [0.15, 0.2) is 0 Å². The van der Waals surface area contributed by atoms with Crippen molar-refractivity contribution in [3.05, 3.63) is 35.4 Å². The summed E-state index contributed by atoms with van der Waals surface area (Å²) in [5.74, 6) is 0.793. The first-order valence-corrected chi connectivity index (χ1v) is 9.17. The van der Waals surface area contributed by atoms with Gasteiger partial charge in [-0.1, -0.05) is 82.6 Å². The van der Waals surface area contributed by atoms with E-state index in [1.807, 2.05) is 0 Å². The Kier molecular flexibility index (Phi) is 7.29. The van der Waals surface area contributed by atoms with Gasteiger partial charge in [-0.2, -0.15) is 0 Å². The predicted octanol–water partition coefficient (Wildman–Crippen LogP) is 6.09. The third kappa shape index (κ3) is 5.14. The summed E-state index contributed by atoms with van der Waals surface area (Å²) in [6.07, 6.45) is 14.8. The van der Waals surface area contributed by atoms with Gasteiger partial charge in [-0.05, 0) is 36.3 Å². The van der Waals surface area contributed by atoms with E-state index < -0.39 is 0 Å². The first-order chi connectivity index (χ1) is 10.3. The van der Waals surface area contributed by atoms with Crippen molar-refractivity contribution in [1.82, 2.24) is 0 Å². The van der Waals surface area contributed by atoms with Crippen LogP contribution in [0, 0.1) is 0 Å². The van der Waals surface area contributed by atoms with E-state index in [0.29, 0.717) is 0 Å². The first-order valence-electron chi connectivity index (χ1n) is 9.17. The standard InChI is InChI=1S/C20H33N/c1-2-3-4-5-6-7-8-16-20(21)19-15-10-9-14-18(19)17-12-11-13-17/h9-10,14-15,17,20H,2-8,11-13,16,21H2,1H3. The van der Waals surface area contributed by atoms with Crippen LogP contribution < -0.4 is 5.73 Å². The minimum absolute atomic E-state index is 0.248. The van der Waals surface area contributed by atoms with E-state index in [4.69, 9.17) is 5.73 Å². The highest BCUT2D eigenvalue weighted by Crippen LogP contribution is 2.39. The van der Waals surface area contributed by atoms with Gasteiger partial charge in [0, 0.05) is 6.04 Å². The molecule has 2 rings (SSSR count). The molecule has 0 saturated heterocycles. The first kappa shape index (κ1) is 16.5. The average Bonchev–Trinajstić information content (AvgIpc) is 2.45. The van der Waals surface area contributed by atoms with Crippen molar-refractivity contribution >= 4 is 0 Å². The maximum absolute atomic E-state index is 6.47. The lowest BCUT2D eigenvalue weighted by Crippen LogP contribution is -2.17. The summed E-state index contributed by atoms with van der Waals surface area (Å²) >= 11 is 0. The van der Waals surface area contributed by atoms with Gasteiger partial charge < -0.3 is 5.73 Å². The molecule has 1 fully saturated rings. The molecule has 1 saturated carbocycles. The fraction of sp³-hybridized carbons (Fsp3) is 0.700. The van der Waals surface area contributed by atoms with Crippen molar-refractivity contribution in [2.24, 2.45) is 5.73 Å². The molecule has 0 radical (unpaired) electrons. The van der Waals surface area contributed by atoms with Crippen LogP contribution in [0.1, 0.15) is 101 Å². The molecule has 0 bridgehead atoms. The SMILES string of the molecule is CCCCCCCCCC(N)c1ccccc1C1CCC1. The Labute approximate surface area is 131 Å². The molecule has 1 unspecified atom stereocenters. The molecule has 1 aromatic rings. The van der Waals surface area contributed by atoms with Crippen molar-refractivity contribution in [2.75, 3.05) is 0 Å². The molecule has 0 amide bonds. The Morgan fingerprint density at radius 3 is 2.33 bits per heavy atom. The quantitative estimate of drug-likeness (QED) is 0.517. The number of nitrogens with two attached hydrogens (primary N) is 1. The van der Waals surface area contributed by atoms with Crippen LogP contribution in [0.5, 0.6) is 0 Å². The summed E-state index contributed by atoms with van der Waals surface area (Å²) < 4.78 is 0. The maximum Gasteiger partial charge on any atom is 0.0297 e. The Bertz CT molecular complexity index is 395. The van der Waals surface area contributed by atoms with Crippen LogP contribution in [0.25, 0.3) is 0 Å². The average molecular weight is 287 g/mol. The second kappa shape index (κ2) is 9.25. The lowest BCUT2D eigenvalue weighted by Gasteiger charge is -2.29. The molecule has 1 aliphatic carbocycles. The molecule has 0 heterocycles. The summed E-state index contributed by atoms with van der Waals surface area (Å²) in [7, 11) is 0. The molecular weight excluding hydrogens is 254 g/mol. The van der Waals surface area contributed by atoms with Crippen molar-refractivity contribution in [3.63, 3.8) is 0 Å². The minimum Gasteiger partial charge on any atom is -0.324 e.